The Morgan fingerprint density at radius 2 is 1.80 bits per heavy atom. The fraction of sp³-hybridized carbons (Fsp3) is 0.111. The van der Waals surface area contributed by atoms with E-state index in [1.165, 1.54) is 10.9 Å². The number of hydrogen-bond donors (Lipinski definition) is 2. The number of nitrogens with one attached hydrogen (secondary N) is 2. The van der Waals surface area contributed by atoms with E-state index in [4.69, 9.17) is 0 Å². The van der Waals surface area contributed by atoms with Gasteiger partial charge >= 0.3 is 0 Å². The highest BCUT2D eigenvalue weighted by Crippen LogP contribution is 2.18. The molecule has 0 aliphatic heterocycles. The molecule has 0 aliphatic carbocycles. The molecule has 0 bridgehead atoms. The number of para-hydroxylation sites is 1. The highest BCUT2D eigenvalue weighted by molar-refractivity contribution is 6.12. The summed E-state index contributed by atoms with van der Waals surface area (Å²) in [6.07, 6.45) is 1.37. The normalized spacial score (nSPS) is 10.3. The summed E-state index contributed by atoms with van der Waals surface area (Å²) < 4.78 is 1.37. The minimum Gasteiger partial charge on any atom is -0.322 e. The van der Waals surface area contributed by atoms with E-state index < -0.39 is 0 Å². The van der Waals surface area contributed by atoms with Crippen molar-refractivity contribution in [1.82, 2.24) is 15.0 Å². The van der Waals surface area contributed by atoms with Crippen LogP contribution in [0.4, 0.5) is 11.4 Å². The number of benzene rings is 2. The van der Waals surface area contributed by atoms with Crippen LogP contribution in [0.25, 0.3) is 0 Å². The van der Waals surface area contributed by atoms with Crippen molar-refractivity contribution < 1.29 is 9.59 Å². The van der Waals surface area contributed by atoms with Gasteiger partial charge in [-0.2, -0.15) is 0 Å². The van der Waals surface area contributed by atoms with E-state index in [-0.39, 0.29) is 11.8 Å². The molecule has 1 heterocycles. The Morgan fingerprint density at radius 3 is 2.52 bits per heavy atom. The number of rotatable bonds is 4. The largest absolute Gasteiger partial charge is 0.322 e. The zero-order valence-electron chi connectivity index (χ0n) is 13.9. The van der Waals surface area contributed by atoms with Crippen molar-refractivity contribution >= 4 is 23.2 Å². The molecule has 2 N–H and O–H groups in total. The third kappa shape index (κ3) is 3.72. The lowest BCUT2D eigenvalue weighted by atomic mass is 10.1. The fourth-order valence-corrected chi connectivity index (χ4v) is 2.39. The average Bonchev–Trinajstić information content (AvgIpc) is 3.01. The van der Waals surface area contributed by atoms with Gasteiger partial charge in [-0.1, -0.05) is 29.5 Å². The van der Waals surface area contributed by atoms with Crippen LogP contribution >= 0.6 is 0 Å². The molecule has 0 radical (unpaired) electrons. The van der Waals surface area contributed by atoms with E-state index >= 15 is 0 Å². The first-order chi connectivity index (χ1) is 12.0. The molecule has 2 aromatic carbocycles. The van der Waals surface area contributed by atoms with Crippen molar-refractivity contribution in [3.8, 4) is 0 Å². The number of nitrogens with zero attached hydrogens (tertiary/aromatic N) is 3. The summed E-state index contributed by atoms with van der Waals surface area (Å²) in [4.78, 5) is 24.9. The number of hydrogen-bond acceptors (Lipinski definition) is 4. The second-order valence-corrected chi connectivity index (χ2v) is 5.57. The molecular weight excluding hydrogens is 318 g/mol. The molecule has 0 saturated heterocycles. The van der Waals surface area contributed by atoms with E-state index in [1.807, 2.05) is 31.2 Å². The third-order valence-electron chi connectivity index (χ3n) is 3.64. The molecule has 0 unspecified atom stereocenters. The molecule has 0 fully saturated rings. The summed E-state index contributed by atoms with van der Waals surface area (Å²) in [5.41, 5.74) is 2.82. The molecule has 1 aromatic heterocycles. The number of aryl methyl sites for hydroxylation is 2. The van der Waals surface area contributed by atoms with Gasteiger partial charge in [-0.25, -0.2) is 4.68 Å². The highest BCUT2D eigenvalue weighted by atomic mass is 16.2. The molecular formula is C18H17N5O2. The first-order valence-electron chi connectivity index (χ1n) is 7.67. The van der Waals surface area contributed by atoms with Crippen LogP contribution < -0.4 is 10.6 Å². The fourth-order valence-electron chi connectivity index (χ4n) is 2.39. The second-order valence-electron chi connectivity index (χ2n) is 5.57. The van der Waals surface area contributed by atoms with Gasteiger partial charge in [-0.3, -0.25) is 9.59 Å². The summed E-state index contributed by atoms with van der Waals surface area (Å²) in [5, 5.41) is 13.0. The van der Waals surface area contributed by atoms with Gasteiger partial charge in [0.05, 0.1) is 17.4 Å². The number of carbonyl (C=O) groups excluding carboxylic acids is 2. The Bertz CT molecular complexity index is 932. The first-order valence-corrected chi connectivity index (χ1v) is 7.67. The van der Waals surface area contributed by atoms with Gasteiger partial charge in [0.25, 0.3) is 11.8 Å². The number of aromatic nitrogens is 3. The van der Waals surface area contributed by atoms with Crippen LogP contribution in [0.5, 0.6) is 0 Å². The average molecular weight is 335 g/mol. The summed E-state index contributed by atoms with van der Waals surface area (Å²) >= 11 is 0. The molecule has 0 atom stereocenters. The van der Waals surface area contributed by atoms with Crippen LogP contribution in [0.1, 0.15) is 26.4 Å². The van der Waals surface area contributed by atoms with Gasteiger partial charge in [0.2, 0.25) is 0 Å². The Morgan fingerprint density at radius 1 is 1.00 bits per heavy atom. The minimum atomic E-state index is -0.386. The van der Waals surface area contributed by atoms with Crippen LogP contribution in [0.2, 0.25) is 0 Å². The predicted octanol–water partition coefficient (Wildman–Crippen LogP) is 2.63. The van der Waals surface area contributed by atoms with Crippen molar-refractivity contribution in [2.45, 2.75) is 6.92 Å². The molecule has 0 spiro atoms. The monoisotopic (exact) mass is 335 g/mol. The maximum absolute atomic E-state index is 12.6. The van der Waals surface area contributed by atoms with Crippen LogP contribution in [-0.4, -0.2) is 26.8 Å². The predicted molar refractivity (Wildman–Crippen MR) is 94.5 cm³/mol. The number of amides is 2. The summed E-state index contributed by atoms with van der Waals surface area (Å²) in [7, 11) is 1.62. The minimum absolute atomic E-state index is 0.300. The SMILES string of the molecule is Cc1cccc(NC(=O)c2ccccc2NC(=O)c2cnnn2C)c1. The standard InChI is InChI=1S/C18H17N5O2/c1-12-6-5-7-13(10-12)20-17(24)14-8-3-4-9-15(14)21-18(25)16-11-19-22-23(16)2/h3-11H,1-2H3,(H,20,24)(H,21,25). The first kappa shape index (κ1) is 16.4. The van der Waals surface area contributed by atoms with Crippen LogP contribution in [0, 0.1) is 6.92 Å². The molecule has 2 amide bonds. The summed E-state index contributed by atoms with van der Waals surface area (Å²) in [6, 6.07) is 14.3. The molecule has 3 rings (SSSR count). The Balaban J connectivity index is 1.82. The van der Waals surface area contributed by atoms with E-state index in [9.17, 15) is 9.59 Å². The molecule has 0 aliphatic rings. The molecule has 7 heteroatoms. The zero-order valence-corrected chi connectivity index (χ0v) is 13.9. The van der Waals surface area contributed by atoms with Gasteiger partial charge in [-0.15, -0.1) is 5.10 Å². The maximum atomic E-state index is 12.6. The summed E-state index contributed by atoms with van der Waals surface area (Å²) in [5.74, 6) is -0.687. The maximum Gasteiger partial charge on any atom is 0.275 e. The van der Waals surface area contributed by atoms with Gasteiger partial charge in [0.15, 0.2) is 0 Å². The Kier molecular flexibility index (Phi) is 4.56. The van der Waals surface area contributed by atoms with E-state index in [1.54, 1.807) is 31.3 Å². The van der Waals surface area contributed by atoms with Gasteiger partial charge in [-0.05, 0) is 36.8 Å². The Labute approximate surface area is 144 Å². The molecule has 3 aromatic rings. The summed E-state index contributed by atoms with van der Waals surface area (Å²) in [6.45, 7) is 1.95. The van der Waals surface area contributed by atoms with Gasteiger partial charge in [0.1, 0.15) is 5.69 Å². The highest BCUT2D eigenvalue weighted by Gasteiger charge is 2.16. The molecule has 126 valence electrons. The lowest BCUT2D eigenvalue weighted by molar-refractivity contribution is 0.101. The molecule has 25 heavy (non-hydrogen) atoms. The van der Waals surface area contributed by atoms with E-state index in [2.05, 4.69) is 20.9 Å². The third-order valence-corrected chi connectivity index (χ3v) is 3.64. The van der Waals surface area contributed by atoms with Crippen LogP contribution in [0.3, 0.4) is 0 Å². The van der Waals surface area contributed by atoms with Crippen molar-refractivity contribution in [2.75, 3.05) is 10.6 Å². The van der Waals surface area contributed by atoms with Gasteiger partial charge < -0.3 is 10.6 Å². The molecule has 7 nitrogen and oxygen atoms in total. The number of anilines is 2. The quantitative estimate of drug-likeness (QED) is 0.767. The van der Waals surface area contributed by atoms with E-state index in [0.717, 1.165) is 5.56 Å². The zero-order chi connectivity index (χ0) is 17.8. The number of carbonyl (C=O) groups is 2. The van der Waals surface area contributed by atoms with Crippen molar-refractivity contribution in [3.63, 3.8) is 0 Å². The van der Waals surface area contributed by atoms with Crippen molar-refractivity contribution in [1.29, 1.82) is 0 Å². The smallest absolute Gasteiger partial charge is 0.275 e. The van der Waals surface area contributed by atoms with Crippen LogP contribution in [-0.2, 0) is 7.05 Å². The Hall–Kier alpha value is -3.48. The van der Waals surface area contributed by atoms with Crippen molar-refractivity contribution in [2.24, 2.45) is 7.05 Å². The van der Waals surface area contributed by atoms with Gasteiger partial charge in [0, 0.05) is 12.7 Å². The van der Waals surface area contributed by atoms with Crippen molar-refractivity contribution in [3.05, 3.63) is 71.5 Å². The topological polar surface area (TPSA) is 88.9 Å². The van der Waals surface area contributed by atoms with Crippen LogP contribution in [0.15, 0.2) is 54.7 Å². The second kappa shape index (κ2) is 6.96. The lowest BCUT2D eigenvalue weighted by Gasteiger charge is -2.11. The van der Waals surface area contributed by atoms with E-state index in [0.29, 0.717) is 22.6 Å². The lowest BCUT2D eigenvalue weighted by Crippen LogP contribution is -2.20. The molecule has 0 saturated carbocycles.